The third kappa shape index (κ3) is 12.0. The molecule has 1 heterocycles. The number of rotatable bonds is 18. The lowest BCUT2D eigenvalue weighted by Crippen LogP contribution is -2.31. The summed E-state index contributed by atoms with van der Waals surface area (Å²) in [6, 6.07) is 9.91. The third-order valence-electron chi connectivity index (χ3n) is 7.39. The quantitative estimate of drug-likeness (QED) is 0.106. The van der Waals surface area contributed by atoms with Crippen molar-refractivity contribution in [2.45, 2.75) is 16.7 Å². The van der Waals surface area contributed by atoms with Crippen molar-refractivity contribution in [3.8, 4) is 6.07 Å². The zero-order chi connectivity index (χ0) is 39.8. The van der Waals surface area contributed by atoms with E-state index in [-0.39, 0.29) is 57.8 Å². The summed E-state index contributed by atoms with van der Waals surface area (Å²) in [7, 11) is -13.9. The van der Waals surface area contributed by atoms with Crippen molar-refractivity contribution >= 4 is 74.3 Å². The first-order chi connectivity index (χ1) is 24.6. The highest BCUT2D eigenvalue weighted by atomic mass is 32.2. The summed E-state index contributed by atoms with van der Waals surface area (Å²) in [5, 5.41) is 44.2. The average Bonchev–Trinajstić information content (AvgIpc) is 3.07. The monoisotopic (exact) mass is 816 g/mol. The Kier molecular flexibility index (Phi) is 14.2. The van der Waals surface area contributed by atoms with Gasteiger partial charge in [-0.3, -0.25) is 9.11 Å². The summed E-state index contributed by atoms with van der Waals surface area (Å²) in [5.41, 5.74) is -0.375. The molecule has 3 rings (SSSR count). The topological polar surface area (TPSA) is 310 Å². The Balaban J connectivity index is 2.12. The molecule has 3 aromatic rings. The molecule has 0 unspecified atom stereocenters. The van der Waals surface area contributed by atoms with E-state index in [1.54, 1.807) is 0 Å². The third-order valence-corrected chi connectivity index (χ3v) is 12.4. The van der Waals surface area contributed by atoms with Gasteiger partial charge in [-0.05, 0) is 49.4 Å². The molecule has 0 aliphatic rings. The summed E-state index contributed by atoms with van der Waals surface area (Å²) in [5.74, 6) is -1.84. The van der Waals surface area contributed by atoms with Gasteiger partial charge in [0, 0.05) is 32.7 Å². The first-order valence-corrected chi connectivity index (χ1v) is 21.7. The molecule has 0 bridgehead atoms. The Morgan fingerprint density at radius 3 is 1.70 bits per heavy atom. The van der Waals surface area contributed by atoms with Gasteiger partial charge in [0.2, 0.25) is 0 Å². The molecule has 288 valence electrons. The van der Waals surface area contributed by atoms with Crippen LogP contribution in [0.5, 0.6) is 0 Å². The molecule has 0 spiro atoms. The number of nitrogens with zero attached hydrogens (tertiary/aromatic N) is 8. The largest absolute Gasteiger partial charge is 0.395 e. The smallest absolute Gasteiger partial charge is 0.296 e. The van der Waals surface area contributed by atoms with Crippen LogP contribution in [-0.2, 0) is 39.9 Å². The molecule has 0 aliphatic carbocycles. The standard InChI is InChI=1S/C29H36N8O12S4/c1-20-24(19-30)28(36(2)10-14-50(40,41)16-12-38)31-29(37(3)11-15-51(42,43)17-13-39)27(20)35-34-25-9-6-22(18-26(25)53(47,48)49)33-32-21-4-7-23(8-5-21)52(44,45)46/h4-9,18,38-39H,10-17H2,1-3H3,(H,44,45,46)(H,47,48,49)/b33-32+,35-34+. The van der Waals surface area contributed by atoms with E-state index in [1.165, 1.54) is 49.0 Å². The minimum absolute atomic E-state index is 0.00387. The highest BCUT2D eigenvalue weighted by molar-refractivity contribution is 7.91. The van der Waals surface area contributed by atoms with Gasteiger partial charge < -0.3 is 20.0 Å². The molecule has 0 fully saturated rings. The molecule has 2 aromatic carbocycles. The molecule has 24 heteroatoms. The van der Waals surface area contributed by atoms with E-state index in [0.29, 0.717) is 0 Å². The Morgan fingerprint density at radius 2 is 1.21 bits per heavy atom. The van der Waals surface area contributed by atoms with Gasteiger partial charge in [0.05, 0.1) is 58.1 Å². The molecule has 1 aromatic heterocycles. The van der Waals surface area contributed by atoms with E-state index in [1.807, 2.05) is 6.07 Å². The van der Waals surface area contributed by atoms with E-state index in [9.17, 15) is 43.5 Å². The number of aliphatic hydroxyl groups is 2. The second kappa shape index (κ2) is 17.6. The predicted molar refractivity (Wildman–Crippen MR) is 193 cm³/mol. The normalized spacial score (nSPS) is 12.7. The van der Waals surface area contributed by atoms with Gasteiger partial charge in [-0.1, -0.05) is 0 Å². The van der Waals surface area contributed by atoms with Crippen LogP contribution in [-0.4, -0.2) is 121 Å². The second-order valence-corrected chi connectivity index (χ2v) is 18.7. The molecule has 53 heavy (non-hydrogen) atoms. The molecule has 20 nitrogen and oxygen atoms in total. The molecular formula is C29H36N8O12S4. The summed E-state index contributed by atoms with van der Waals surface area (Å²) < 4.78 is 116. The Labute approximate surface area is 306 Å². The summed E-state index contributed by atoms with van der Waals surface area (Å²) >= 11 is 0. The number of azo groups is 2. The second-order valence-electron chi connectivity index (χ2n) is 11.3. The average molecular weight is 817 g/mol. The molecule has 0 aliphatic heterocycles. The van der Waals surface area contributed by atoms with Crippen molar-refractivity contribution in [1.29, 1.82) is 5.26 Å². The van der Waals surface area contributed by atoms with Crippen LogP contribution in [0.1, 0.15) is 11.1 Å². The number of nitriles is 1. The fourth-order valence-electron chi connectivity index (χ4n) is 4.46. The van der Waals surface area contributed by atoms with Crippen LogP contribution in [0, 0.1) is 18.3 Å². The molecule has 0 atom stereocenters. The fraction of sp³-hybridized carbons (Fsp3) is 0.379. The van der Waals surface area contributed by atoms with E-state index >= 15 is 0 Å². The van der Waals surface area contributed by atoms with Crippen molar-refractivity contribution in [1.82, 2.24) is 4.98 Å². The van der Waals surface area contributed by atoms with Crippen molar-refractivity contribution in [2.75, 3.05) is 73.2 Å². The van der Waals surface area contributed by atoms with Crippen LogP contribution in [0.4, 0.5) is 34.4 Å². The van der Waals surface area contributed by atoms with Crippen LogP contribution in [0.15, 0.2) is 72.7 Å². The maximum Gasteiger partial charge on any atom is 0.296 e. The van der Waals surface area contributed by atoms with Crippen molar-refractivity contribution in [3.63, 3.8) is 0 Å². The van der Waals surface area contributed by atoms with Gasteiger partial charge in [-0.15, -0.1) is 10.2 Å². The zero-order valence-electron chi connectivity index (χ0n) is 28.5. The number of pyridine rings is 1. The Morgan fingerprint density at radius 1 is 0.698 bits per heavy atom. The highest BCUT2D eigenvalue weighted by Crippen LogP contribution is 2.39. The van der Waals surface area contributed by atoms with Crippen LogP contribution in [0.25, 0.3) is 0 Å². The van der Waals surface area contributed by atoms with Gasteiger partial charge in [-0.25, -0.2) is 21.8 Å². The Bertz CT molecular complexity index is 2360. The fourth-order valence-corrected chi connectivity index (χ4v) is 7.65. The molecular weight excluding hydrogens is 781 g/mol. The van der Waals surface area contributed by atoms with E-state index in [4.69, 9.17) is 14.8 Å². The lowest BCUT2D eigenvalue weighted by Gasteiger charge is -2.26. The molecule has 0 saturated carbocycles. The Hall–Kier alpha value is -4.48. The number of aliphatic hydroxyl groups excluding tert-OH is 2. The van der Waals surface area contributed by atoms with Gasteiger partial charge in [0.1, 0.15) is 28.2 Å². The van der Waals surface area contributed by atoms with Gasteiger partial charge in [0.25, 0.3) is 20.2 Å². The highest BCUT2D eigenvalue weighted by Gasteiger charge is 2.25. The number of anilines is 2. The van der Waals surface area contributed by atoms with Gasteiger partial charge in [-0.2, -0.15) is 32.3 Å². The number of aromatic nitrogens is 1. The maximum atomic E-state index is 12.4. The number of hydrogen-bond acceptors (Lipinski definition) is 18. The van der Waals surface area contributed by atoms with Crippen molar-refractivity contribution in [2.24, 2.45) is 20.5 Å². The van der Waals surface area contributed by atoms with Crippen LogP contribution >= 0.6 is 0 Å². The lowest BCUT2D eigenvalue weighted by molar-refractivity contribution is 0.319. The number of sulfone groups is 2. The van der Waals surface area contributed by atoms with Crippen molar-refractivity contribution < 1.29 is 53.0 Å². The van der Waals surface area contributed by atoms with Crippen molar-refractivity contribution in [3.05, 3.63) is 53.6 Å². The lowest BCUT2D eigenvalue weighted by atomic mass is 10.1. The van der Waals surface area contributed by atoms with Crippen LogP contribution in [0.2, 0.25) is 0 Å². The first kappa shape index (κ1) is 42.9. The predicted octanol–water partition coefficient (Wildman–Crippen LogP) is 2.27. The minimum Gasteiger partial charge on any atom is -0.395 e. The summed E-state index contributed by atoms with van der Waals surface area (Å²) in [4.78, 5) is 6.12. The van der Waals surface area contributed by atoms with Crippen LogP contribution < -0.4 is 9.80 Å². The number of benzene rings is 2. The zero-order valence-corrected chi connectivity index (χ0v) is 31.7. The molecule has 4 N–H and O–H groups in total. The molecule has 0 saturated heterocycles. The van der Waals surface area contributed by atoms with Gasteiger partial charge in [0.15, 0.2) is 25.5 Å². The first-order valence-electron chi connectivity index (χ1n) is 15.1. The molecule has 0 radical (unpaired) electrons. The molecule has 0 amide bonds. The number of hydrogen-bond donors (Lipinski definition) is 4. The maximum absolute atomic E-state index is 12.4. The van der Waals surface area contributed by atoms with E-state index < -0.39 is 86.7 Å². The summed E-state index contributed by atoms with van der Waals surface area (Å²) in [6.45, 7) is -0.0528. The summed E-state index contributed by atoms with van der Waals surface area (Å²) in [6.07, 6.45) is 0. The SMILES string of the molecule is Cc1c(C#N)c(N(C)CCS(=O)(=O)CCO)nc(N(C)CCS(=O)(=O)CCO)c1/N=N/c1ccc(/N=N/c2ccc(S(=O)(=O)O)cc2)cc1S(=O)(=O)O. The minimum atomic E-state index is -4.97. The van der Waals surface area contributed by atoms with Crippen LogP contribution in [0.3, 0.4) is 0 Å². The van der Waals surface area contributed by atoms with E-state index in [2.05, 4.69) is 25.4 Å². The van der Waals surface area contributed by atoms with Gasteiger partial charge >= 0.3 is 0 Å². The van der Waals surface area contributed by atoms with E-state index in [0.717, 1.165) is 24.3 Å².